The molecule has 1 saturated heterocycles. The van der Waals surface area contributed by atoms with Crippen LogP contribution in [0.4, 0.5) is 0 Å². The summed E-state index contributed by atoms with van der Waals surface area (Å²) in [5.74, 6) is -0.299. The Labute approximate surface area is 85.4 Å². The average Bonchev–Trinajstić information content (AvgIpc) is 2.56. The van der Waals surface area contributed by atoms with E-state index < -0.39 is 5.54 Å². The van der Waals surface area contributed by atoms with Gasteiger partial charge in [-0.3, -0.25) is 4.79 Å². The van der Waals surface area contributed by atoms with Gasteiger partial charge < -0.3 is 15.4 Å². The predicted molar refractivity (Wildman–Crippen MR) is 54.9 cm³/mol. The number of ether oxygens (including phenoxy) is 1. The Morgan fingerprint density at radius 1 is 1.50 bits per heavy atom. The molecule has 1 aliphatic heterocycles. The smallest absolute Gasteiger partial charge is 0.327 e. The summed E-state index contributed by atoms with van der Waals surface area (Å²) in [7, 11) is 0. The summed E-state index contributed by atoms with van der Waals surface area (Å²) in [6.45, 7) is 6.63. The van der Waals surface area contributed by atoms with Crippen molar-refractivity contribution in [1.29, 1.82) is 0 Å². The lowest BCUT2D eigenvalue weighted by Gasteiger charge is -2.27. The van der Waals surface area contributed by atoms with E-state index in [2.05, 4.69) is 4.90 Å². The molecular weight excluding hydrogens is 180 g/mol. The third-order valence-corrected chi connectivity index (χ3v) is 2.49. The standard InChI is InChI=1S/C10H20N2O2/c1-3-14-9(13)10(2,11)8-12-6-4-5-7-12/h3-8,11H2,1-2H3. The van der Waals surface area contributed by atoms with Crippen molar-refractivity contribution in [1.82, 2.24) is 4.90 Å². The molecule has 0 amide bonds. The van der Waals surface area contributed by atoms with Gasteiger partial charge in [-0.25, -0.2) is 0 Å². The molecule has 0 bridgehead atoms. The highest BCUT2D eigenvalue weighted by Crippen LogP contribution is 2.12. The van der Waals surface area contributed by atoms with Gasteiger partial charge in [0.1, 0.15) is 5.54 Å². The maximum Gasteiger partial charge on any atom is 0.327 e. The molecule has 0 spiro atoms. The largest absolute Gasteiger partial charge is 0.465 e. The van der Waals surface area contributed by atoms with Crippen LogP contribution in [-0.2, 0) is 9.53 Å². The molecule has 4 nitrogen and oxygen atoms in total. The van der Waals surface area contributed by atoms with Crippen molar-refractivity contribution >= 4 is 5.97 Å². The molecule has 82 valence electrons. The molecule has 0 aromatic heterocycles. The van der Waals surface area contributed by atoms with E-state index in [0.717, 1.165) is 13.1 Å². The topological polar surface area (TPSA) is 55.6 Å². The van der Waals surface area contributed by atoms with E-state index >= 15 is 0 Å². The van der Waals surface area contributed by atoms with E-state index in [1.807, 2.05) is 0 Å². The van der Waals surface area contributed by atoms with Crippen LogP contribution in [0.15, 0.2) is 0 Å². The van der Waals surface area contributed by atoms with Gasteiger partial charge in [0, 0.05) is 6.54 Å². The van der Waals surface area contributed by atoms with Crippen molar-refractivity contribution < 1.29 is 9.53 Å². The molecule has 0 radical (unpaired) electrons. The lowest BCUT2D eigenvalue weighted by molar-refractivity contribution is -0.149. The molecular formula is C10H20N2O2. The van der Waals surface area contributed by atoms with Crippen LogP contribution in [0.2, 0.25) is 0 Å². The van der Waals surface area contributed by atoms with E-state index in [0.29, 0.717) is 13.2 Å². The van der Waals surface area contributed by atoms with Crippen LogP contribution >= 0.6 is 0 Å². The van der Waals surface area contributed by atoms with Gasteiger partial charge >= 0.3 is 5.97 Å². The molecule has 2 N–H and O–H groups in total. The van der Waals surface area contributed by atoms with E-state index in [-0.39, 0.29) is 5.97 Å². The molecule has 0 aromatic carbocycles. The number of carbonyl (C=O) groups is 1. The Morgan fingerprint density at radius 3 is 2.57 bits per heavy atom. The Balaban J connectivity index is 2.42. The summed E-state index contributed by atoms with van der Waals surface area (Å²) in [5.41, 5.74) is 5.05. The second-order valence-electron chi connectivity index (χ2n) is 4.12. The number of carbonyl (C=O) groups excluding carboxylic acids is 1. The molecule has 0 aromatic rings. The number of nitrogens with zero attached hydrogens (tertiary/aromatic N) is 1. The highest BCUT2D eigenvalue weighted by molar-refractivity contribution is 5.80. The number of esters is 1. The van der Waals surface area contributed by atoms with Crippen molar-refractivity contribution in [2.75, 3.05) is 26.2 Å². The molecule has 1 atom stereocenters. The minimum atomic E-state index is -0.861. The van der Waals surface area contributed by atoms with Crippen LogP contribution < -0.4 is 5.73 Å². The Morgan fingerprint density at radius 2 is 2.07 bits per heavy atom. The first-order valence-corrected chi connectivity index (χ1v) is 5.24. The van der Waals surface area contributed by atoms with Crippen molar-refractivity contribution in [2.24, 2.45) is 5.73 Å². The summed E-state index contributed by atoms with van der Waals surface area (Å²) in [4.78, 5) is 13.7. The molecule has 1 heterocycles. The fourth-order valence-corrected chi connectivity index (χ4v) is 1.77. The van der Waals surface area contributed by atoms with Gasteiger partial charge in [-0.1, -0.05) is 0 Å². The number of hydrogen-bond donors (Lipinski definition) is 1. The quantitative estimate of drug-likeness (QED) is 0.666. The third-order valence-electron chi connectivity index (χ3n) is 2.49. The predicted octanol–water partition coefficient (Wildman–Crippen LogP) is 0.363. The van der Waals surface area contributed by atoms with E-state index in [9.17, 15) is 4.79 Å². The van der Waals surface area contributed by atoms with Crippen LogP contribution in [0, 0.1) is 0 Å². The van der Waals surface area contributed by atoms with Crippen molar-refractivity contribution in [3.8, 4) is 0 Å². The molecule has 14 heavy (non-hydrogen) atoms. The first-order valence-electron chi connectivity index (χ1n) is 5.24. The van der Waals surface area contributed by atoms with Crippen LogP contribution in [0.25, 0.3) is 0 Å². The minimum Gasteiger partial charge on any atom is -0.465 e. The molecule has 1 unspecified atom stereocenters. The van der Waals surface area contributed by atoms with E-state index in [4.69, 9.17) is 10.5 Å². The van der Waals surface area contributed by atoms with Gasteiger partial charge in [0.2, 0.25) is 0 Å². The molecule has 0 saturated carbocycles. The maximum atomic E-state index is 11.5. The fourth-order valence-electron chi connectivity index (χ4n) is 1.77. The molecule has 0 aliphatic carbocycles. The zero-order valence-electron chi connectivity index (χ0n) is 9.08. The fraction of sp³-hybridized carbons (Fsp3) is 0.900. The highest BCUT2D eigenvalue weighted by atomic mass is 16.5. The van der Waals surface area contributed by atoms with E-state index in [1.165, 1.54) is 12.8 Å². The summed E-state index contributed by atoms with van der Waals surface area (Å²) in [6.07, 6.45) is 2.41. The first-order chi connectivity index (χ1) is 6.56. The van der Waals surface area contributed by atoms with Gasteiger partial charge in [0.15, 0.2) is 0 Å². The van der Waals surface area contributed by atoms with Gasteiger partial charge in [-0.2, -0.15) is 0 Å². The second kappa shape index (κ2) is 4.75. The summed E-state index contributed by atoms with van der Waals surface area (Å²) >= 11 is 0. The number of likely N-dealkylation sites (tertiary alicyclic amines) is 1. The normalized spacial score (nSPS) is 21.9. The van der Waals surface area contributed by atoms with Crippen molar-refractivity contribution in [2.45, 2.75) is 32.2 Å². The van der Waals surface area contributed by atoms with Crippen LogP contribution in [0.1, 0.15) is 26.7 Å². The number of hydrogen-bond acceptors (Lipinski definition) is 4. The number of rotatable bonds is 4. The lowest BCUT2D eigenvalue weighted by atomic mass is 10.0. The van der Waals surface area contributed by atoms with Gasteiger partial charge in [-0.05, 0) is 39.8 Å². The number of nitrogens with two attached hydrogens (primary N) is 1. The zero-order chi connectivity index (χ0) is 10.6. The molecule has 1 aliphatic rings. The highest BCUT2D eigenvalue weighted by Gasteiger charge is 2.32. The Kier molecular flexibility index (Phi) is 3.89. The van der Waals surface area contributed by atoms with Crippen LogP contribution in [0.3, 0.4) is 0 Å². The zero-order valence-corrected chi connectivity index (χ0v) is 9.08. The van der Waals surface area contributed by atoms with Gasteiger partial charge in [0.05, 0.1) is 6.61 Å². The van der Waals surface area contributed by atoms with Crippen LogP contribution in [-0.4, -0.2) is 42.6 Å². The molecule has 1 rings (SSSR count). The average molecular weight is 200 g/mol. The molecule has 4 heteroatoms. The molecule has 1 fully saturated rings. The van der Waals surface area contributed by atoms with Crippen molar-refractivity contribution in [3.05, 3.63) is 0 Å². The minimum absolute atomic E-state index is 0.299. The first kappa shape index (κ1) is 11.5. The monoisotopic (exact) mass is 200 g/mol. The van der Waals surface area contributed by atoms with Gasteiger partial charge in [-0.15, -0.1) is 0 Å². The SMILES string of the molecule is CCOC(=O)C(C)(N)CN1CCCC1. The summed E-state index contributed by atoms with van der Waals surface area (Å²) in [5, 5.41) is 0. The lowest BCUT2D eigenvalue weighted by Crippen LogP contribution is -2.54. The summed E-state index contributed by atoms with van der Waals surface area (Å²) < 4.78 is 4.93. The maximum absolute atomic E-state index is 11.5. The Bertz CT molecular complexity index is 198. The van der Waals surface area contributed by atoms with Crippen LogP contribution in [0.5, 0.6) is 0 Å². The van der Waals surface area contributed by atoms with Crippen molar-refractivity contribution in [3.63, 3.8) is 0 Å². The van der Waals surface area contributed by atoms with E-state index in [1.54, 1.807) is 13.8 Å². The Hall–Kier alpha value is -0.610. The second-order valence-corrected chi connectivity index (χ2v) is 4.12. The summed E-state index contributed by atoms with van der Waals surface area (Å²) in [6, 6.07) is 0. The van der Waals surface area contributed by atoms with Gasteiger partial charge in [0.25, 0.3) is 0 Å². The third kappa shape index (κ3) is 2.96.